The molecule has 1 aromatic heterocycles. The normalized spacial score (nSPS) is 10.2. The Morgan fingerprint density at radius 2 is 1.88 bits per heavy atom. The summed E-state index contributed by atoms with van der Waals surface area (Å²) in [6, 6.07) is 7.66. The van der Waals surface area contributed by atoms with Crippen LogP contribution >= 0.6 is 0 Å². The van der Waals surface area contributed by atoms with Gasteiger partial charge in [-0.2, -0.15) is 0 Å². The molecule has 0 aliphatic rings. The number of halogens is 1. The Balaban J connectivity index is 2.21. The lowest BCUT2D eigenvalue weighted by Gasteiger charge is -2.02. The van der Waals surface area contributed by atoms with Crippen molar-refractivity contribution in [2.24, 2.45) is 0 Å². The van der Waals surface area contributed by atoms with E-state index in [1.54, 1.807) is 24.4 Å². The first-order valence-corrected chi connectivity index (χ1v) is 5.07. The fraction of sp³-hybridized carbons (Fsp3) is 0.0769. The molecule has 0 aliphatic carbocycles. The second-order valence-corrected chi connectivity index (χ2v) is 3.69. The monoisotopic (exact) mass is 231 g/mol. The van der Waals surface area contributed by atoms with Gasteiger partial charge in [0.2, 0.25) is 0 Å². The van der Waals surface area contributed by atoms with Crippen LogP contribution in [0, 0.1) is 5.82 Å². The Bertz CT molecular complexity index is 537. The molecular formula is C13H10FNO2. The van der Waals surface area contributed by atoms with Crippen molar-refractivity contribution in [1.29, 1.82) is 0 Å². The van der Waals surface area contributed by atoms with E-state index in [1.165, 1.54) is 18.3 Å². The number of aromatic nitrogens is 1. The van der Waals surface area contributed by atoms with Gasteiger partial charge < -0.3 is 5.11 Å². The SMILES string of the molecule is O=C(O)c1cncc(Cc2ccc(F)cc2)c1. The second-order valence-electron chi connectivity index (χ2n) is 3.69. The highest BCUT2D eigenvalue weighted by atomic mass is 19.1. The van der Waals surface area contributed by atoms with Crippen LogP contribution in [0.15, 0.2) is 42.7 Å². The molecule has 1 aromatic carbocycles. The van der Waals surface area contributed by atoms with Crippen LogP contribution in [0.25, 0.3) is 0 Å². The van der Waals surface area contributed by atoms with Gasteiger partial charge in [-0.05, 0) is 35.7 Å². The molecule has 0 aliphatic heterocycles. The highest BCUT2D eigenvalue weighted by Gasteiger charge is 2.04. The average Bonchev–Trinajstić information content (AvgIpc) is 2.32. The minimum atomic E-state index is -1.00. The number of carbonyl (C=O) groups is 1. The molecule has 0 fully saturated rings. The van der Waals surface area contributed by atoms with Gasteiger partial charge >= 0.3 is 5.97 Å². The summed E-state index contributed by atoms with van der Waals surface area (Å²) in [6.45, 7) is 0. The summed E-state index contributed by atoms with van der Waals surface area (Å²) in [5.74, 6) is -1.29. The van der Waals surface area contributed by atoms with Gasteiger partial charge in [0.25, 0.3) is 0 Å². The summed E-state index contributed by atoms with van der Waals surface area (Å²) in [4.78, 5) is 14.6. The second kappa shape index (κ2) is 4.74. The van der Waals surface area contributed by atoms with E-state index >= 15 is 0 Å². The minimum Gasteiger partial charge on any atom is -0.478 e. The van der Waals surface area contributed by atoms with Crippen molar-refractivity contribution in [3.05, 3.63) is 65.2 Å². The van der Waals surface area contributed by atoms with Crippen LogP contribution in [-0.2, 0) is 6.42 Å². The molecule has 2 aromatic rings. The zero-order valence-corrected chi connectivity index (χ0v) is 8.93. The lowest BCUT2D eigenvalue weighted by molar-refractivity contribution is 0.0696. The number of nitrogens with zero attached hydrogens (tertiary/aromatic N) is 1. The Labute approximate surface area is 97.6 Å². The van der Waals surface area contributed by atoms with Gasteiger partial charge in [0.15, 0.2) is 0 Å². The van der Waals surface area contributed by atoms with Crippen molar-refractivity contribution in [1.82, 2.24) is 4.98 Å². The van der Waals surface area contributed by atoms with Gasteiger partial charge in [-0.15, -0.1) is 0 Å². The molecule has 0 saturated carbocycles. The van der Waals surface area contributed by atoms with Gasteiger partial charge in [-0.1, -0.05) is 12.1 Å². The van der Waals surface area contributed by atoms with E-state index in [2.05, 4.69) is 4.98 Å². The van der Waals surface area contributed by atoms with Crippen molar-refractivity contribution in [2.75, 3.05) is 0 Å². The molecular weight excluding hydrogens is 221 g/mol. The van der Waals surface area contributed by atoms with E-state index in [4.69, 9.17) is 5.11 Å². The smallest absolute Gasteiger partial charge is 0.337 e. The molecule has 4 heteroatoms. The summed E-state index contributed by atoms with van der Waals surface area (Å²) in [7, 11) is 0. The van der Waals surface area contributed by atoms with Gasteiger partial charge in [-0.25, -0.2) is 9.18 Å². The van der Waals surface area contributed by atoms with E-state index < -0.39 is 5.97 Å². The first-order chi connectivity index (χ1) is 8.15. The van der Waals surface area contributed by atoms with Crippen LogP contribution in [-0.4, -0.2) is 16.1 Å². The Kier molecular flexibility index (Phi) is 3.14. The van der Waals surface area contributed by atoms with Crippen LogP contribution in [0.2, 0.25) is 0 Å². The van der Waals surface area contributed by atoms with Crippen LogP contribution < -0.4 is 0 Å². The first-order valence-electron chi connectivity index (χ1n) is 5.07. The molecule has 0 atom stereocenters. The molecule has 1 N–H and O–H groups in total. The molecule has 3 nitrogen and oxygen atoms in total. The zero-order chi connectivity index (χ0) is 12.3. The number of hydrogen-bond donors (Lipinski definition) is 1. The highest BCUT2D eigenvalue weighted by molar-refractivity contribution is 5.87. The third kappa shape index (κ3) is 2.87. The molecule has 1 heterocycles. The van der Waals surface area contributed by atoms with Crippen LogP contribution in [0.3, 0.4) is 0 Å². The highest BCUT2D eigenvalue weighted by Crippen LogP contribution is 2.11. The molecule has 0 radical (unpaired) electrons. The first kappa shape index (κ1) is 11.3. The summed E-state index contributed by atoms with van der Waals surface area (Å²) in [5, 5.41) is 8.82. The Hall–Kier alpha value is -2.23. The number of benzene rings is 1. The lowest BCUT2D eigenvalue weighted by Crippen LogP contribution is -1.99. The molecule has 0 bridgehead atoms. The standard InChI is InChI=1S/C13H10FNO2/c14-12-3-1-9(2-4-12)5-10-6-11(13(16)17)8-15-7-10/h1-4,6-8H,5H2,(H,16,17). The van der Waals surface area contributed by atoms with Crippen molar-refractivity contribution in [3.8, 4) is 0 Å². The van der Waals surface area contributed by atoms with E-state index in [0.29, 0.717) is 6.42 Å². The average molecular weight is 231 g/mol. The third-order valence-electron chi connectivity index (χ3n) is 2.36. The van der Waals surface area contributed by atoms with Crippen LogP contribution in [0.5, 0.6) is 0 Å². The van der Waals surface area contributed by atoms with Gasteiger partial charge in [0.05, 0.1) is 5.56 Å². The number of carboxylic acids is 1. The fourth-order valence-electron chi connectivity index (χ4n) is 1.54. The topological polar surface area (TPSA) is 50.2 Å². The molecule has 0 amide bonds. The zero-order valence-electron chi connectivity index (χ0n) is 8.93. The Morgan fingerprint density at radius 1 is 1.18 bits per heavy atom. The van der Waals surface area contributed by atoms with Gasteiger partial charge in [-0.3, -0.25) is 4.98 Å². The molecule has 0 spiro atoms. The molecule has 2 rings (SSSR count). The number of aromatic carboxylic acids is 1. The molecule has 0 saturated heterocycles. The van der Waals surface area contributed by atoms with Crippen molar-refractivity contribution >= 4 is 5.97 Å². The summed E-state index contributed by atoms with van der Waals surface area (Å²) >= 11 is 0. The predicted octanol–water partition coefficient (Wildman–Crippen LogP) is 2.51. The molecule has 86 valence electrons. The maximum Gasteiger partial charge on any atom is 0.337 e. The van der Waals surface area contributed by atoms with E-state index in [0.717, 1.165) is 11.1 Å². The molecule has 0 unspecified atom stereocenters. The largest absolute Gasteiger partial charge is 0.478 e. The van der Waals surface area contributed by atoms with Crippen molar-refractivity contribution < 1.29 is 14.3 Å². The number of hydrogen-bond acceptors (Lipinski definition) is 2. The quantitative estimate of drug-likeness (QED) is 0.882. The lowest BCUT2D eigenvalue weighted by atomic mass is 10.1. The maximum atomic E-state index is 12.7. The summed E-state index contributed by atoms with van der Waals surface area (Å²) in [5.41, 5.74) is 1.86. The van der Waals surface area contributed by atoms with Crippen LogP contribution in [0.4, 0.5) is 4.39 Å². The maximum absolute atomic E-state index is 12.7. The fourth-order valence-corrected chi connectivity index (χ4v) is 1.54. The van der Waals surface area contributed by atoms with Gasteiger partial charge in [0.1, 0.15) is 5.82 Å². The minimum absolute atomic E-state index is 0.157. The van der Waals surface area contributed by atoms with Crippen molar-refractivity contribution in [2.45, 2.75) is 6.42 Å². The van der Waals surface area contributed by atoms with Gasteiger partial charge in [0, 0.05) is 12.4 Å². The Morgan fingerprint density at radius 3 is 2.53 bits per heavy atom. The molecule has 17 heavy (non-hydrogen) atoms. The van der Waals surface area contributed by atoms with Crippen molar-refractivity contribution in [3.63, 3.8) is 0 Å². The summed E-state index contributed by atoms with van der Waals surface area (Å²) < 4.78 is 12.7. The number of rotatable bonds is 3. The van der Waals surface area contributed by atoms with E-state index in [-0.39, 0.29) is 11.4 Å². The number of carboxylic acid groups (broad SMARTS) is 1. The van der Waals surface area contributed by atoms with E-state index in [9.17, 15) is 9.18 Å². The predicted molar refractivity (Wildman–Crippen MR) is 60.4 cm³/mol. The third-order valence-corrected chi connectivity index (χ3v) is 2.36. The summed E-state index contributed by atoms with van der Waals surface area (Å²) in [6.07, 6.45) is 3.45. The number of pyridine rings is 1. The van der Waals surface area contributed by atoms with Crippen LogP contribution in [0.1, 0.15) is 21.5 Å². The van der Waals surface area contributed by atoms with E-state index in [1.807, 2.05) is 0 Å².